The molecule has 0 bridgehead atoms. The van der Waals surface area contributed by atoms with E-state index in [4.69, 9.17) is 33.0 Å². The van der Waals surface area contributed by atoms with Crippen molar-refractivity contribution in [2.75, 3.05) is 32.8 Å². The molecule has 0 aromatic heterocycles. The molecule has 23 heavy (non-hydrogen) atoms. The number of hydrogen-bond donors (Lipinski definition) is 1. The van der Waals surface area contributed by atoms with E-state index in [0.717, 1.165) is 34.8 Å². The highest BCUT2D eigenvalue weighted by Crippen LogP contribution is 2.32. The van der Waals surface area contributed by atoms with Gasteiger partial charge in [0.1, 0.15) is 0 Å². The lowest BCUT2D eigenvalue weighted by Gasteiger charge is -2.33. The van der Waals surface area contributed by atoms with Gasteiger partial charge in [-0.1, -0.05) is 47.5 Å². The summed E-state index contributed by atoms with van der Waals surface area (Å²) in [6, 6.07) is 13.7. The molecule has 1 unspecified atom stereocenters. The number of hydrogen-bond acceptors (Lipinski definition) is 3. The molecule has 1 heterocycles. The van der Waals surface area contributed by atoms with Gasteiger partial charge >= 0.3 is 0 Å². The minimum Gasteiger partial charge on any atom is -0.395 e. The summed E-state index contributed by atoms with van der Waals surface area (Å²) in [5.74, 6) is 0. The Labute approximate surface area is 146 Å². The number of aliphatic hydroxyl groups is 1. The van der Waals surface area contributed by atoms with E-state index < -0.39 is 0 Å². The molecular formula is C18H19Cl2NO2. The van der Waals surface area contributed by atoms with Crippen LogP contribution < -0.4 is 0 Å². The average Bonchev–Trinajstić information content (AvgIpc) is 2.56. The van der Waals surface area contributed by atoms with Crippen molar-refractivity contribution < 1.29 is 9.84 Å². The molecule has 0 amide bonds. The highest BCUT2D eigenvalue weighted by Gasteiger charge is 2.23. The highest BCUT2D eigenvalue weighted by molar-refractivity contribution is 6.31. The Morgan fingerprint density at radius 2 is 1.83 bits per heavy atom. The topological polar surface area (TPSA) is 32.7 Å². The summed E-state index contributed by atoms with van der Waals surface area (Å²) >= 11 is 12.4. The molecule has 5 heteroatoms. The lowest BCUT2D eigenvalue weighted by Crippen LogP contribution is -2.39. The van der Waals surface area contributed by atoms with Crippen LogP contribution in [0, 0.1) is 0 Å². The van der Waals surface area contributed by atoms with Gasteiger partial charge in [0.2, 0.25) is 0 Å². The first kappa shape index (κ1) is 16.7. The van der Waals surface area contributed by atoms with E-state index in [1.54, 1.807) is 0 Å². The van der Waals surface area contributed by atoms with Gasteiger partial charge in [0, 0.05) is 35.2 Å². The predicted molar refractivity (Wildman–Crippen MR) is 94.1 cm³/mol. The second-order valence-corrected chi connectivity index (χ2v) is 6.47. The maximum absolute atomic E-state index is 9.09. The summed E-state index contributed by atoms with van der Waals surface area (Å²) in [5, 5.41) is 10.5. The van der Waals surface area contributed by atoms with E-state index in [0.29, 0.717) is 18.2 Å². The van der Waals surface area contributed by atoms with Gasteiger partial charge < -0.3 is 9.84 Å². The quantitative estimate of drug-likeness (QED) is 0.902. The number of rotatable bonds is 4. The molecule has 3 rings (SSSR count). The van der Waals surface area contributed by atoms with Crippen LogP contribution in [0.3, 0.4) is 0 Å². The molecule has 1 N–H and O–H groups in total. The van der Waals surface area contributed by atoms with E-state index in [1.165, 1.54) is 0 Å². The molecular weight excluding hydrogens is 333 g/mol. The Hall–Kier alpha value is -1.10. The van der Waals surface area contributed by atoms with E-state index in [2.05, 4.69) is 11.0 Å². The molecule has 1 aliphatic rings. The molecule has 1 fully saturated rings. The normalized spacial score (nSPS) is 19.0. The molecule has 0 aliphatic carbocycles. The molecule has 1 atom stereocenters. The fourth-order valence-electron chi connectivity index (χ4n) is 2.85. The van der Waals surface area contributed by atoms with Gasteiger partial charge in [-0.3, -0.25) is 4.90 Å². The number of benzene rings is 2. The second kappa shape index (κ2) is 7.65. The fraction of sp³-hybridized carbons (Fsp3) is 0.333. The van der Waals surface area contributed by atoms with Gasteiger partial charge in [-0.25, -0.2) is 0 Å². The number of aliphatic hydroxyl groups excluding tert-OH is 1. The largest absolute Gasteiger partial charge is 0.395 e. The Morgan fingerprint density at radius 1 is 1.09 bits per heavy atom. The summed E-state index contributed by atoms with van der Waals surface area (Å²) in [5.41, 5.74) is 3.12. The van der Waals surface area contributed by atoms with Crippen LogP contribution in [0.1, 0.15) is 11.7 Å². The van der Waals surface area contributed by atoms with Gasteiger partial charge in [0.05, 0.1) is 19.3 Å². The van der Waals surface area contributed by atoms with Crippen molar-refractivity contribution in [1.29, 1.82) is 0 Å². The molecule has 0 radical (unpaired) electrons. The summed E-state index contributed by atoms with van der Waals surface area (Å²) in [7, 11) is 0. The SMILES string of the molecule is OCCN1CCOC(c2ccc(-c3ccc(Cl)cc3)cc2Cl)C1. The summed E-state index contributed by atoms with van der Waals surface area (Å²) in [6.07, 6.45) is -0.0536. The summed E-state index contributed by atoms with van der Waals surface area (Å²) in [6.45, 7) is 3.08. The Morgan fingerprint density at radius 3 is 2.52 bits per heavy atom. The molecule has 3 nitrogen and oxygen atoms in total. The lowest BCUT2D eigenvalue weighted by molar-refractivity contribution is -0.0337. The molecule has 1 saturated heterocycles. The third kappa shape index (κ3) is 4.06. The zero-order valence-corrected chi connectivity index (χ0v) is 14.2. The van der Waals surface area contributed by atoms with Crippen molar-refractivity contribution in [3.8, 4) is 11.1 Å². The van der Waals surface area contributed by atoms with Crippen molar-refractivity contribution in [2.45, 2.75) is 6.10 Å². The van der Waals surface area contributed by atoms with Gasteiger partial charge in [0.25, 0.3) is 0 Å². The van der Waals surface area contributed by atoms with Crippen LogP contribution in [0.5, 0.6) is 0 Å². The lowest BCUT2D eigenvalue weighted by atomic mass is 10.0. The fourth-order valence-corrected chi connectivity index (χ4v) is 3.27. The average molecular weight is 352 g/mol. The maximum atomic E-state index is 9.09. The minimum atomic E-state index is -0.0536. The van der Waals surface area contributed by atoms with Gasteiger partial charge in [0.15, 0.2) is 0 Å². The number of ether oxygens (including phenoxy) is 1. The molecule has 0 saturated carbocycles. The van der Waals surface area contributed by atoms with Gasteiger partial charge in [-0.05, 0) is 29.3 Å². The number of morpholine rings is 1. The Balaban J connectivity index is 1.80. The molecule has 122 valence electrons. The van der Waals surface area contributed by atoms with Crippen LogP contribution in [0.25, 0.3) is 11.1 Å². The van der Waals surface area contributed by atoms with E-state index in [9.17, 15) is 0 Å². The first-order valence-corrected chi connectivity index (χ1v) is 8.43. The summed E-state index contributed by atoms with van der Waals surface area (Å²) in [4.78, 5) is 2.19. The standard InChI is InChI=1S/C18H19Cl2NO2/c19-15-4-1-13(2-5-15)14-3-6-16(17(20)11-14)18-12-21(7-9-22)8-10-23-18/h1-6,11,18,22H,7-10,12H2. The van der Waals surface area contributed by atoms with Crippen LogP contribution in [0.4, 0.5) is 0 Å². The zero-order chi connectivity index (χ0) is 16.2. The third-order valence-electron chi connectivity index (χ3n) is 4.09. The molecule has 1 aliphatic heterocycles. The molecule has 0 spiro atoms. The monoisotopic (exact) mass is 351 g/mol. The predicted octanol–water partition coefficient (Wildman–Crippen LogP) is 4.03. The van der Waals surface area contributed by atoms with Crippen molar-refractivity contribution in [1.82, 2.24) is 4.90 Å². The van der Waals surface area contributed by atoms with Crippen LogP contribution in [-0.4, -0.2) is 42.9 Å². The number of halogens is 2. The Bertz CT molecular complexity index is 659. The van der Waals surface area contributed by atoms with Gasteiger partial charge in [-0.2, -0.15) is 0 Å². The Kier molecular flexibility index (Phi) is 5.57. The summed E-state index contributed by atoms with van der Waals surface area (Å²) < 4.78 is 5.86. The van der Waals surface area contributed by atoms with Crippen molar-refractivity contribution in [3.63, 3.8) is 0 Å². The number of β-amino-alcohol motifs (C(OH)–C–C–N with tert-alkyl or cyclic N) is 1. The highest BCUT2D eigenvalue weighted by atomic mass is 35.5. The van der Waals surface area contributed by atoms with Crippen LogP contribution >= 0.6 is 23.2 Å². The van der Waals surface area contributed by atoms with Crippen LogP contribution in [-0.2, 0) is 4.74 Å². The maximum Gasteiger partial charge on any atom is 0.0966 e. The molecule has 2 aromatic carbocycles. The first-order chi connectivity index (χ1) is 11.2. The van der Waals surface area contributed by atoms with E-state index >= 15 is 0 Å². The van der Waals surface area contributed by atoms with Crippen LogP contribution in [0.2, 0.25) is 10.0 Å². The first-order valence-electron chi connectivity index (χ1n) is 7.67. The van der Waals surface area contributed by atoms with Gasteiger partial charge in [-0.15, -0.1) is 0 Å². The van der Waals surface area contributed by atoms with Crippen molar-refractivity contribution in [2.24, 2.45) is 0 Å². The smallest absolute Gasteiger partial charge is 0.0966 e. The van der Waals surface area contributed by atoms with E-state index in [1.807, 2.05) is 36.4 Å². The van der Waals surface area contributed by atoms with E-state index in [-0.39, 0.29) is 12.7 Å². The zero-order valence-electron chi connectivity index (χ0n) is 12.7. The number of nitrogens with zero attached hydrogens (tertiary/aromatic N) is 1. The van der Waals surface area contributed by atoms with Crippen LogP contribution in [0.15, 0.2) is 42.5 Å². The third-order valence-corrected chi connectivity index (χ3v) is 4.67. The molecule has 2 aromatic rings. The minimum absolute atomic E-state index is 0.0536. The van der Waals surface area contributed by atoms with Crippen molar-refractivity contribution >= 4 is 23.2 Å². The second-order valence-electron chi connectivity index (χ2n) is 5.63. The van der Waals surface area contributed by atoms with Crippen molar-refractivity contribution in [3.05, 3.63) is 58.1 Å².